The maximum Gasteiger partial charge on any atom is 0.254 e. The molecule has 1 N–H and O–H groups in total. The number of para-hydroxylation sites is 1. The number of hydrogen-bond acceptors (Lipinski definition) is 2. The van der Waals surface area contributed by atoms with Crippen LogP contribution in [0.15, 0.2) is 54.7 Å². The van der Waals surface area contributed by atoms with Gasteiger partial charge in [0.25, 0.3) is 5.91 Å². The normalized spacial score (nSPS) is 13.6. The van der Waals surface area contributed by atoms with Crippen LogP contribution in [-0.4, -0.2) is 22.2 Å². The molecule has 5 heteroatoms. The second-order valence-electron chi connectivity index (χ2n) is 7.05. The van der Waals surface area contributed by atoms with E-state index < -0.39 is 0 Å². The highest BCUT2D eigenvalue weighted by molar-refractivity contribution is 6.30. The van der Waals surface area contributed by atoms with Crippen LogP contribution in [-0.2, 0) is 6.42 Å². The molecular formula is C22H22ClN3O. The van der Waals surface area contributed by atoms with Crippen LogP contribution in [0.25, 0.3) is 5.69 Å². The summed E-state index contributed by atoms with van der Waals surface area (Å²) in [5, 5.41) is 8.31. The SMILES string of the molecule is Cc1ccccc1-n1ncc(C(=O)NCCc2ccc(Cl)cc2)c1C1CC1. The summed E-state index contributed by atoms with van der Waals surface area (Å²) >= 11 is 5.91. The number of carbonyl (C=O) groups excluding carboxylic acids is 1. The van der Waals surface area contributed by atoms with Crippen LogP contribution >= 0.6 is 11.6 Å². The van der Waals surface area contributed by atoms with Crippen molar-refractivity contribution in [2.45, 2.75) is 32.1 Å². The van der Waals surface area contributed by atoms with Gasteiger partial charge in [0.1, 0.15) is 0 Å². The Morgan fingerprint density at radius 3 is 2.63 bits per heavy atom. The molecule has 0 radical (unpaired) electrons. The lowest BCUT2D eigenvalue weighted by Crippen LogP contribution is -2.26. The van der Waals surface area contributed by atoms with Gasteiger partial charge >= 0.3 is 0 Å². The molecule has 1 saturated carbocycles. The molecule has 3 aromatic rings. The van der Waals surface area contributed by atoms with Crippen LogP contribution in [0.5, 0.6) is 0 Å². The van der Waals surface area contributed by atoms with Crippen molar-refractivity contribution in [1.29, 1.82) is 0 Å². The van der Waals surface area contributed by atoms with Crippen molar-refractivity contribution >= 4 is 17.5 Å². The van der Waals surface area contributed by atoms with Gasteiger partial charge in [-0.1, -0.05) is 41.9 Å². The molecule has 0 bridgehead atoms. The molecule has 4 rings (SSSR count). The molecule has 4 nitrogen and oxygen atoms in total. The van der Waals surface area contributed by atoms with Gasteiger partial charge in [-0.15, -0.1) is 0 Å². The van der Waals surface area contributed by atoms with Crippen LogP contribution in [0.3, 0.4) is 0 Å². The number of carbonyl (C=O) groups is 1. The Morgan fingerprint density at radius 1 is 1.19 bits per heavy atom. The lowest BCUT2D eigenvalue weighted by molar-refractivity contribution is 0.0953. The molecule has 1 fully saturated rings. The second kappa shape index (κ2) is 7.57. The molecule has 1 amide bonds. The maximum atomic E-state index is 12.8. The summed E-state index contributed by atoms with van der Waals surface area (Å²) in [6, 6.07) is 15.9. The van der Waals surface area contributed by atoms with Crippen LogP contribution in [0.2, 0.25) is 5.02 Å². The van der Waals surface area contributed by atoms with E-state index in [0.29, 0.717) is 18.0 Å². The van der Waals surface area contributed by atoms with Gasteiger partial charge in [-0.25, -0.2) is 4.68 Å². The number of aromatic nitrogens is 2. The highest BCUT2D eigenvalue weighted by Gasteiger charge is 2.33. The predicted molar refractivity (Wildman–Crippen MR) is 108 cm³/mol. The molecule has 1 aliphatic rings. The summed E-state index contributed by atoms with van der Waals surface area (Å²) in [4.78, 5) is 12.8. The fourth-order valence-corrected chi connectivity index (χ4v) is 3.47. The smallest absolute Gasteiger partial charge is 0.254 e. The summed E-state index contributed by atoms with van der Waals surface area (Å²) in [6.07, 6.45) is 4.70. The molecule has 0 saturated heterocycles. The lowest BCUT2D eigenvalue weighted by atomic mass is 10.1. The van der Waals surface area contributed by atoms with Gasteiger partial charge in [0, 0.05) is 17.5 Å². The van der Waals surface area contributed by atoms with Crippen molar-refractivity contribution in [1.82, 2.24) is 15.1 Å². The standard InChI is InChI=1S/C22H22ClN3O/c1-15-4-2-3-5-20(15)26-21(17-8-9-17)19(14-25-26)22(27)24-13-12-16-6-10-18(23)11-7-16/h2-7,10-11,14,17H,8-9,12-13H2,1H3,(H,24,27). The molecule has 1 heterocycles. The van der Waals surface area contributed by atoms with Crippen molar-refractivity contribution in [3.8, 4) is 5.69 Å². The minimum atomic E-state index is -0.0503. The molecule has 1 aliphatic carbocycles. The van der Waals surface area contributed by atoms with Crippen molar-refractivity contribution in [2.75, 3.05) is 6.54 Å². The quantitative estimate of drug-likeness (QED) is 0.675. The molecular weight excluding hydrogens is 358 g/mol. The van der Waals surface area contributed by atoms with E-state index in [2.05, 4.69) is 29.5 Å². The summed E-state index contributed by atoms with van der Waals surface area (Å²) < 4.78 is 1.95. The zero-order chi connectivity index (χ0) is 18.8. The first-order chi connectivity index (χ1) is 13.1. The van der Waals surface area contributed by atoms with Gasteiger partial charge in [0.05, 0.1) is 23.1 Å². The average Bonchev–Trinajstić information content (AvgIpc) is 3.42. The third-order valence-corrected chi connectivity index (χ3v) is 5.22. The molecule has 1 aromatic heterocycles. The van der Waals surface area contributed by atoms with Gasteiger partial charge in [0.15, 0.2) is 0 Å². The minimum absolute atomic E-state index is 0.0503. The van der Waals surface area contributed by atoms with E-state index in [1.807, 2.05) is 41.1 Å². The molecule has 0 unspecified atom stereocenters. The second-order valence-corrected chi connectivity index (χ2v) is 7.48. The van der Waals surface area contributed by atoms with Gasteiger partial charge < -0.3 is 5.32 Å². The Labute approximate surface area is 164 Å². The topological polar surface area (TPSA) is 46.9 Å². The summed E-state index contributed by atoms with van der Waals surface area (Å²) in [7, 11) is 0. The largest absolute Gasteiger partial charge is 0.352 e. The Balaban J connectivity index is 1.51. The monoisotopic (exact) mass is 379 g/mol. The summed E-state index contributed by atoms with van der Waals surface area (Å²) in [5.41, 5.74) is 5.07. The summed E-state index contributed by atoms with van der Waals surface area (Å²) in [6.45, 7) is 2.65. The van der Waals surface area contributed by atoms with Gasteiger partial charge in [-0.2, -0.15) is 5.10 Å². The molecule has 0 atom stereocenters. The molecule has 0 spiro atoms. The zero-order valence-corrected chi connectivity index (χ0v) is 16.0. The number of nitrogens with one attached hydrogen (secondary N) is 1. The zero-order valence-electron chi connectivity index (χ0n) is 15.3. The number of hydrogen-bond donors (Lipinski definition) is 1. The molecule has 0 aliphatic heterocycles. The van der Waals surface area contributed by atoms with Gasteiger partial charge in [-0.05, 0) is 55.5 Å². The average molecular weight is 380 g/mol. The van der Waals surface area contributed by atoms with E-state index in [-0.39, 0.29) is 5.91 Å². The fourth-order valence-electron chi connectivity index (χ4n) is 3.34. The molecule has 27 heavy (non-hydrogen) atoms. The van der Waals surface area contributed by atoms with Crippen molar-refractivity contribution in [2.24, 2.45) is 0 Å². The van der Waals surface area contributed by atoms with E-state index in [1.54, 1.807) is 6.20 Å². The first-order valence-electron chi connectivity index (χ1n) is 9.30. The van der Waals surface area contributed by atoms with Crippen LogP contribution in [0.4, 0.5) is 0 Å². The first kappa shape index (κ1) is 17.8. The van der Waals surface area contributed by atoms with Crippen molar-refractivity contribution < 1.29 is 4.79 Å². The number of aryl methyl sites for hydroxylation is 1. The van der Waals surface area contributed by atoms with Crippen LogP contribution in [0, 0.1) is 6.92 Å². The number of rotatable bonds is 6. The Hall–Kier alpha value is -2.59. The van der Waals surface area contributed by atoms with Crippen LogP contribution in [0.1, 0.15) is 45.9 Å². The van der Waals surface area contributed by atoms with E-state index in [9.17, 15) is 4.79 Å². The number of nitrogens with zero attached hydrogens (tertiary/aromatic N) is 2. The lowest BCUT2D eigenvalue weighted by Gasteiger charge is -2.11. The van der Waals surface area contributed by atoms with Gasteiger partial charge in [-0.3, -0.25) is 4.79 Å². The van der Waals surface area contributed by atoms with E-state index in [1.165, 1.54) is 0 Å². The van der Waals surface area contributed by atoms with E-state index in [4.69, 9.17) is 11.6 Å². The molecule has 138 valence electrons. The first-order valence-corrected chi connectivity index (χ1v) is 9.68. The Bertz CT molecular complexity index is 958. The Morgan fingerprint density at radius 2 is 1.93 bits per heavy atom. The maximum absolute atomic E-state index is 12.8. The van der Waals surface area contributed by atoms with E-state index >= 15 is 0 Å². The molecule has 2 aromatic carbocycles. The Kier molecular flexibility index (Phi) is 4.99. The van der Waals surface area contributed by atoms with Crippen molar-refractivity contribution in [3.63, 3.8) is 0 Å². The van der Waals surface area contributed by atoms with E-state index in [0.717, 1.165) is 46.8 Å². The fraction of sp³-hybridized carbons (Fsp3) is 0.273. The number of halogens is 1. The number of amides is 1. The third kappa shape index (κ3) is 3.91. The highest BCUT2D eigenvalue weighted by atomic mass is 35.5. The van der Waals surface area contributed by atoms with Crippen LogP contribution < -0.4 is 5.32 Å². The van der Waals surface area contributed by atoms with Crippen molar-refractivity contribution in [3.05, 3.63) is 82.1 Å². The third-order valence-electron chi connectivity index (χ3n) is 4.97. The number of benzene rings is 2. The summed E-state index contributed by atoms with van der Waals surface area (Å²) in [5.74, 6) is 0.370. The predicted octanol–water partition coefficient (Wildman–Crippen LogP) is 4.68. The highest BCUT2D eigenvalue weighted by Crippen LogP contribution is 2.42. The van der Waals surface area contributed by atoms with Gasteiger partial charge in [0.2, 0.25) is 0 Å². The minimum Gasteiger partial charge on any atom is -0.352 e.